The van der Waals surface area contributed by atoms with E-state index in [9.17, 15) is 19.5 Å². The second-order valence-electron chi connectivity index (χ2n) is 10.6. The highest BCUT2D eigenvalue weighted by molar-refractivity contribution is 8.02. The van der Waals surface area contributed by atoms with Gasteiger partial charge in [0.2, 0.25) is 11.8 Å². The van der Waals surface area contributed by atoms with E-state index in [1.54, 1.807) is 22.7 Å². The fourth-order valence-corrected chi connectivity index (χ4v) is 8.66. The van der Waals surface area contributed by atoms with Gasteiger partial charge in [0.1, 0.15) is 6.04 Å². The van der Waals surface area contributed by atoms with Gasteiger partial charge in [0, 0.05) is 31.0 Å². The Balaban J connectivity index is 1.91. The number of likely N-dealkylation sites (tertiary alicyclic amines) is 1. The minimum Gasteiger partial charge on any atom is -0.465 e. The average Bonchev–Trinajstić information content (AvgIpc) is 3.42. The molecule has 0 saturated carbocycles. The number of nitrogens with zero attached hydrogens (tertiary/aromatic N) is 2. The predicted octanol–water partition coefficient (Wildman–Crippen LogP) is 3.95. The van der Waals surface area contributed by atoms with Gasteiger partial charge in [-0.05, 0) is 58.3 Å². The van der Waals surface area contributed by atoms with Crippen molar-refractivity contribution < 1.29 is 24.2 Å². The van der Waals surface area contributed by atoms with Crippen molar-refractivity contribution in [1.82, 2.24) is 9.80 Å². The van der Waals surface area contributed by atoms with Gasteiger partial charge in [-0.3, -0.25) is 14.4 Å². The summed E-state index contributed by atoms with van der Waals surface area (Å²) in [7, 11) is 0. The van der Waals surface area contributed by atoms with E-state index in [1.807, 2.05) is 11.0 Å². The van der Waals surface area contributed by atoms with Crippen molar-refractivity contribution in [2.45, 2.75) is 87.2 Å². The monoisotopic (exact) mass is 520 g/mol. The Kier molecular flexibility index (Phi) is 10.1. The van der Waals surface area contributed by atoms with Crippen LogP contribution in [0.3, 0.4) is 0 Å². The molecule has 2 bridgehead atoms. The van der Waals surface area contributed by atoms with Crippen LogP contribution in [0.25, 0.3) is 0 Å². The number of hydrogen-bond acceptors (Lipinski definition) is 6. The Hall–Kier alpha value is -1.80. The summed E-state index contributed by atoms with van der Waals surface area (Å²) in [6.07, 6.45) is 10.7. The van der Waals surface area contributed by atoms with Crippen molar-refractivity contribution in [3.63, 3.8) is 0 Å². The molecule has 3 aliphatic rings. The maximum absolute atomic E-state index is 14.1. The number of allylic oxidation sites excluding steroid dienone is 1. The number of amides is 2. The van der Waals surface area contributed by atoms with Crippen LogP contribution in [-0.2, 0) is 19.1 Å². The molecule has 8 heteroatoms. The van der Waals surface area contributed by atoms with E-state index in [-0.39, 0.29) is 24.4 Å². The van der Waals surface area contributed by atoms with Crippen molar-refractivity contribution in [3.05, 3.63) is 25.3 Å². The number of unbranched alkanes of at least 4 members (excludes halogenated alkanes) is 4. The zero-order valence-electron chi connectivity index (χ0n) is 22.1. The first-order valence-corrected chi connectivity index (χ1v) is 14.4. The summed E-state index contributed by atoms with van der Waals surface area (Å²) in [5, 5.41) is 9.33. The number of aliphatic hydroxyl groups excluding tert-OH is 1. The number of hydrogen-bond donors (Lipinski definition) is 1. The second kappa shape index (κ2) is 12.6. The van der Waals surface area contributed by atoms with Gasteiger partial charge < -0.3 is 19.6 Å². The molecular formula is C28H44N2O5S. The van der Waals surface area contributed by atoms with Crippen molar-refractivity contribution in [3.8, 4) is 0 Å². The maximum Gasteiger partial charge on any atom is 0.311 e. The summed E-state index contributed by atoms with van der Waals surface area (Å²) >= 11 is 1.68. The van der Waals surface area contributed by atoms with E-state index in [0.717, 1.165) is 44.9 Å². The van der Waals surface area contributed by atoms with E-state index in [0.29, 0.717) is 39.1 Å². The minimum absolute atomic E-state index is 0.0432. The van der Waals surface area contributed by atoms with Gasteiger partial charge >= 0.3 is 5.97 Å². The molecule has 3 saturated heterocycles. The van der Waals surface area contributed by atoms with Gasteiger partial charge in [0.05, 0.1) is 23.2 Å². The Morgan fingerprint density at radius 2 is 1.97 bits per heavy atom. The fourth-order valence-electron chi connectivity index (χ4n) is 6.32. The lowest BCUT2D eigenvalue weighted by Crippen LogP contribution is -2.55. The van der Waals surface area contributed by atoms with E-state index in [4.69, 9.17) is 4.74 Å². The fraction of sp³-hybridized carbons (Fsp3) is 0.750. The predicted molar refractivity (Wildman–Crippen MR) is 143 cm³/mol. The molecule has 1 N–H and O–H groups in total. The molecule has 3 heterocycles. The topological polar surface area (TPSA) is 87.1 Å². The number of fused-ring (bicyclic) bond motifs is 1. The average molecular weight is 521 g/mol. The lowest BCUT2D eigenvalue weighted by molar-refractivity contribution is -0.155. The third-order valence-corrected chi connectivity index (χ3v) is 10.0. The molecule has 0 aliphatic carbocycles. The number of ether oxygens (including phenoxy) is 1. The van der Waals surface area contributed by atoms with Crippen LogP contribution in [0.4, 0.5) is 0 Å². The SMILES string of the molecule is C=CCCCCOC(=O)[C@H]1[C@H]2C(=O)N(CCCCO)C(C(=O)N(CC=C)CCCC)C23CC[C@]1(C)S3. The largest absolute Gasteiger partial charge is 0.465 e. The Morgan fingerprint density at radius 1 is 1.19 bits per heavy atom. The quantitative estimate of drug-likeness (QED) is 0.188. The molecule has 3 rings (SSSR count). The van der Waals surface area contributed by atoms with Gasteiger partial charge in [0.15, 0.2) is 0 Å². The first-order chi connectivity index (χ1) is 17.3. The molecule has 0 aromatic heterocycles. The summed E-state index contributed by atoms with van der Waals surface area (Å²) in [5.41, 5.74) is 0. The summed E-state index contributed by atoms with van der Waals surface area (Å²) in [5.74, 6) is -1.56. The van der Waals surface area contributed by atoms with E-state index < -0.39 is 27.4 Å². The molecule has 7 nitrogen and oxygen atoms in total. The van der Waals surface area contributed by atoms with Crippen LogP contribution in [0.2, 0.25) is 0 Å². The zero-order valence-corrected chi connectivity index (χ0v) is 22.9. The minimum atomic E-state index is -0.625. The molecule has 3 aliphatic heterocycles. The smallest absolute Gasteiger partial charge is 0.311 e. The lowest BCUT2D eigenvalue weighted by atomic mass is 9.66. The van der Waals surface area contributed by atoms with Crippen LogP contribution >= 0.6 is 11.8 Å². The highest BCUT2D eigenvalue weighted by Crippen LogP contribution is 2.71. The molecule has 0 radical (unpaired) electrons. The Bertz CT molecular complexity index is 835. The second-order valence-corrected chi connectivity index (χ2v) is 12.5. The zero-order chi connectivity index (χ0) is 26.3. The Labute approximate surface area is 220 Å². The third kappa shape index (κ3) is 5.40. The number of thioether (sulfide) groups is 1. The van der Waals surface area contributed by atoms with Crippen molar-refractivity contribution in [2.75, 3.05) is 32.8 Å². The first kappa shape index (κ1) is 28.8. The summed E-state index contributed by atoms with van der Waals surface area (Å²) in [6.45, 7) is 13.6. The van der Waals surface area contributed by atoms with Crippen LogP contribution in [-0.4, -0.2) is 81.1 Å². The molecule has 3 fully saturated rings. The van der Waals surface area contributed by atoms with Crippen molar-refractivity contribution in [1.29, 1.82) is 0 Å². The summed E-state index contributed by atoms with van der Waals surface area (Å²) in [4.78, 5) is 45.1. The first-order valence-electron chi connectivity index (χ1n) is 13.6. The number of aliphatic hydroxyl groups is 1. The molecule has 0 aromatic carbocycles. The number of carbonyl (C=O) groups is 3. The van der Waals surface area contributed by atoms with Gasteiger partial charge in [-0.1, -0.05) is 25.5 Å². The Morgan fingerprint density at radius 3 is 2.64 bits per heavy atom. The molecule has 2 amide bonds. The van der Waals surface area contributed by atoms with Crippen LogP contribution in [0.1, 0.15) is 71.6 Å². The third-order valence-electron chi connectivity index (χ3n) is 8.06. The van der Waals surface area contributed by atoms with Gasteiger partial charge in [-0.15, -0.1) is 24.9 Å². The summed E-state index contributed by atoms with van der Waals surface area (Å²) < 4.78 is 4.67. The number of rotatable bonds is 16. The standard InChI is InChI=1S/C28H44N2O5S/c1-5-8-10-13-20-35-26(34)22-21-24(32)30(18-11-12-19-31)23(28(21)15-14-27(22,4)36-28)25(33)29(16-7-3)17-9-6-2/h5,7,21-23,31H,1,3,6,8-20H2,2,4H3/t21-,22+,23?,27-,28?/m0/s1. The molecule has 0 aromatic rings. The van der Waals surface area contributed by atoms with E-state index in [1.165, 1.54) is 0 Å². The number of carbonyl (C=O) groups excluding carboxylic acids is 3. The maximum atomic E-state index is 14.1. The molecule has 1 spiro atoms. The van der Waals surface area contributed by atoms with Crippen LogP contribution in [0.5, 0.6) is 0 Å². The van der Waals surface area contributed by atoms with E-state index >= 15 is 0 Å². The van der Waals surface area contributed by atoms with E-state index in [2.05, 4.69) is 27.0 Å². The van der Waals surface area contributed by atoms with Gasteiger partial charge in [-0.2, -0.15) is 0 Å². The van der Waals surface area contributed by atoms with Gasteiger partial charge in [-0.25, -0.2) is 0 Å². The number of esters is 1. The lowest BCUT2D eigenvalue weighted by Gasteiger charge is -2.37. The van der Waals surface area contributed by atoms with Crippen LogP contribution < -0.4 is 0 Å². The molecule has 5 atom stereocenters. The molecule has 202 valence electrons. The van der Waals surface area contributed by atoms with Gasteiger partial charge in [0.25, 0.3) is 0 Å². The van der Waals surface area contributed by atoms with Crippen molar-refractivity contribution >= 4 is 29.5 Å². The highest BCUT2D eigenvalue weighted by Gasteiger charge is 2.77. The molecule has 36 heavy (non-hydrogen) atoms. The molecule has 2 unspecified atom stereocenters. The normalized spacial score (nSPS) is 30.4. The van der Waals surface area contributed by atoms with Crippen LogP contribution in [0.15, 0.2) is 25.3 Å². The van der Waals surface area contributed by atoms with Crippen LogP contribution in [0, 0.1) is 11.8 Å². The summed E-state index contributed by atoms with van der Waals surface area (Å²) in [6, 6.07) is -0.609. The van der Waals surface area contributed by atoms with Crippen molar-refractivity contribution in [2.24, 2.45) is 11.8 Å². The highest BCUT2D eigenvalue weighted by atomic mass is 32.2. The molecular weight excluding hydrogens is 476 g/mol.